The summed E-state index contributed by atoms with van der Waals surface area (Å²) >= 11 is 5.78. The summed E-state index contributed by atoms with van der Waals surface area (Å²) in [6, 6.07) is 10.1. The molecule has 25 heavy (non-hydrogen) atoms. The first-order chi connectivity index (χ1) is 11.5. The van der Waals surface area contributed by atoms with Crippen LogP contribution in [0.25, 0.3) is 0 Å². The van der Waals surface area contributed by atoms with Gasteiger partial charge in [-0.05, 0) is 42.5 Å². The molecule has 2 aromatic rings. The third kappa shape index (κ3) is 4.56. The van der Waals surface area contributed by atoms with E-state index in [9.17, 15) is 16.8 Å². The number of nitrogens with one attached hydrogen (secondary N) is 1. The SMILES string of the molecule is COc1ccc(S(=O)(=O)Nc2ccc(Cl)cc2)cc1N(C)S(C)(=O)=O. The summed E-state index contributed by atoms with van der Waals surface area (Å²) in [5.74, 6) is 0.235. The highest BCUT2D eigenvalue weighted by Gasteiger charge is 2.21. The Balaban J connectivity index is 2.46. The summed E-state index contributed by atoms with van der Waals surface area (Å²) in [4.78, 5) is -0.103. The van der Waals surface area contributed by atoms with Gasteiger partial charge in [-0.2, -0.15) is 0 Å². The van der Waals surface area contributed by atoms with Crippen molar-refractivity contribution in [1.29, 1.82) is 0 Å². The van der Waals surface area contributed by atoms with Crippen LogP contribution >= 0.6 is 11.6 Å². The van der Waals surface area contributed by atoms with E-state index in [1.54, 1.807) is 12.1 Å². The highest BCUT2D eigenvalue weighted by molar-refractivity contribution is 7.93. The van der Waals surface area contributed by atoms with Crippen LogP contribution in [0.4, 0.5) is 11.4 Å². The van der Waals surface area contributed by atoms with Crippen molar-refractivity contribution in [1.82, 2.24) is 0 Å². The molecule has 0 unspecified atom stereocenters. The van der Waals surface area contributed by atoms with Crippen molar-refractivity contribution in [2.24, 2.45) is 0 Å². The molecular weight excluding hydrogens is 388 g/mol. The van der Waals surface area contributed by atoms with Crippen LogP contribution < -0.4 is 13.8 Å². The first kappa shape index (κ1) is 19.4. The number of rotatable bonds is 6. The van der Waals surface area contributed by atoms with Gasteiger partial charge < -0.3 is 4.74 Å². The first-order valence-corrected chi connectivity index (χ1v) is 10.7. The highest BCUT2D eigenvalue weighted by Crippen LogP contribution is 2.32. The van der Waals surface area contributed by atoms with Gasteiger partial charge in [-0.25, -0.2) is 16.8 Å². The Morgan fingerprint density at radius 2 is 1.64 bits per heavy atom. The lowest BCUT2D eigenvalue weighted by Crippen LogP contribution is -2.25. The fraction of sp³-hybridized carbons (Fsp3) is 0.200. The van der Waals surface area contributed by atoms with E-state index in [1.165, 1.54) is 44.5 Å². The minimum absolute atomic E-state index is 0.103. The van der Waals surface area contributed by atoms with E-state index < -0.39 is 20.0 Å². The number of hydrogen-bond acceptors (Lipinski definition) is 5. The Bertz CT molecular complexity index is 973. The summed E-state index contributed by atoms with van der Waals surface area (Å²) in [5, 5.41) is 0.476. The summed E-state index contributed by atoms with van der Waals surface area (Å²) < 4.78 is 57.2. The Labute approximate surface area is 152 Å². The standard InChI is InChI=1S/C15H17ClN2O5S2/c1-18(24(3,19)20)14-10-13(8-9-15(14)23-2)25(21,22)17-12-6-4-11(16)5-7-12/h4-10,17H,1-3H3. The van der Waals surface area contributed by atoms with Gasteiger partial charge in [0, 0.05) is 17.8 Å². The Morgan fingerprint density at radius 3 is 2.16 bits per heavy atom. The second kappa shape index (κ2) is 7.11. The molecule has 0 aromatic heterocycles. The van der Waals surface area contributed by atoms with E-state index in [4.69, 9.17) is 16.3 Å². The average Bonchev–Trinajstić information content (AvgIpc) is 2.54. The third-order valence-corrected chi connectivity index (χ3v) is 6.22. The molecule has 2 rings (SSSR count). The molecule has 0 radical (unpaired) electrons. The third-order valence-electron chi connectivity index (χ3n) is 3.39. The van der Waals surface area contributed by atoms with E-state index in [1.807, 2.05) is 0 Å². The maximum Gasteiger partial charge on any atom is 0.261 e. The molecular formula is C15H17ClN2O5S2. The second-order valence-corrected chi connectivity index (χ2v) is 9.31. The molecule has 0 bridgehead atoms. The lowest BCUT2D eigenvalue weighted by atomic mass is 10.3. The quantitative estimate of drug-likeness (QED) is 0.798. The van der Waals surface area contributed by atoms with Gasteiger partial charge in [-0.1, -0.05) is 11.6 Å². The van der Waals surface area contributed by atoms with Crippen molar-refractivity contribution in [2.75, 3.05) is 29.4 Å². The highest BCUT2D eigenvalue weighted by atomic mass is 35.5. The Hall–Kier alpha value is -1.97. The molecule has 0 aliphatic carbocycles. The van der Waals surface area contributed by atoms with E-state index >= 15 is 0 Å². The number of sulfonamides is 2. The molecule has 2 aromatic carbocycles. The van der Waals surface area contributed by atoms with E-state index in [0.29, 0.717) is 10.7 Å². The van der Waals surface area contributed by atoms with Gasteiger partial charge in [-0.15, -0.1) is 0 Å². The van der Waals surface area contributed by atoms with Gasteiger partial charge in [-0.3, -0.25) is 9.03 Å². The molecule has 0 atom stereocenters. The molecule has 0 spiro atoms. The zero-order valence-electron chi connectivity index (χ0n) is 13.7. The number of benzene rings is 2. The fourth-order valence-corrected chi connectivity index (χ4v) is 3.70. The lowest BCUT2D eigenvalue weighted by molar-refractivity contribution is 0.415. The van der Waals surface area contributed by atoms with E-state index in [-0.39, 0.29) is 16.3 Å². The van der Waals surface area contributed by atoms with Gasteiger partial charge in [0.1, 0.15) is 5.75 Å². The minimum Gasteiger partial charge on any atom is -0.495 e. The normalized spacial score (nSPS) is 11.8. The molecule has 0 saturated carbocycles. The summed E-state index contributed by atoms with van der Waals surface area (Å²) in [5.41, 5.74) is 0.446. The van der Waals surface area contributed by atoms with Gasteiger partial charge in [0.15, 0.2) is 0 Å². The van der Waals surface area contributed by atoms with Crippen molar-refractivity contribution in [3.63, 3.8) is 0 Å². The molecule has 0 aliphatic heterocycles. The monoisotopic (exact) mass is 404 g/mol. The van der Waals surface area contributed by atoms with Gasteiger partial charge in [0.25, 0.3) is 10.0 Å². The van der Waals surface area contributed by atoms with Crippen LogP contribution in [0.3, 0.4) is 0 Å². The van der Waals surface area contributed by atoms with Crippen LogP contribution in [0.1, 0.15) is 0 Å². The molecule has 1 N–H and O–H groups in total. The van der Waals surface area contributed by atoms with Gasteiger partial charge >= 0.3 is 0 Å². The van der Waals surface area contributed by atoms with Crippen molar-refractivity contribution in [3.05, 3.63) is 47.5 Å². The number of hydrogen-bond donors (Lipinski definition) is 1. The van der Waals surface area contributed by atoms with Crippen LogP contribution in [-0.2, 0) is 20.0 Å². The number of ether oxygens (including phenoxy) is 1. The van der Waals surface area contributed by atoms with Crippen molar-refractivity contribution < 1.29 is 21.6 Å². The molecule has 0 fully saturated rings. The molecule has 136 valence electrons. The number of halogens is 1. The Morgan fingerprint density at radius 1 is 1.04 bits per heavy atom. The summed E-state index contributed by atoms with van der Waals surface area (Å²) in [7, 11) is -4.83. The molecule has 7 nitrogen and oxygen atoms in total. The van der Waals surface area contributed by atoms with Crippen LogP contribution in [-0.4, -0.2) is 37.2 Å². The maximum absolute atomic E-state index is 12.6. The first-order valence-electron chi connectivity index (χ1n) is 6.95. The van der Waals surface area contributed by atoms with Crippen LogP contribution in [0.2, 0.25) is 5.02 Å². The zero-order chi connectivity index (χ0) is 18.8. The number of methoxy groups -OCH3 is 1. The lowest BCUT2D eigenvalue weighted by Gasteiger charge is -2.20. The molecule has 0 aliphatic rings. The largest absolute Gasteiger partial charge is 0.495 e. The number of nitrogens with zero attached hydrogens (tertiary/aromatic N) is 1. The predicted molar refractivity (Wildman–Crippen MR) is 98.5 cm³/mol. The number of anilines is 2. The van der Waals surface area contributed by atoms with E-state index in [0.717, 1.165) is 10.6 Å². The molecule has 10 heteroatoms. The average molecular weight is 405 g/mol. The van der Waals surface area contributed by atoms with Crippen molar-refractivity contribution in [2.45, 2.75) is 4.90 Å². The van der Waals surface area contributed by atoms with E-state index in [2.05, 4.69) is 4.72 Å². The zero-order valence-corrected chi connectivity index (χ0v) is 16.1. The van der Waals surface area contributed by atoms with Crippen LogP contribution in [0, 0.1) is 0 Å². The summed E-state index contributed by atoms with van der Waals surface area (Å²) in [6.45, 7) is 0. The summed E-state index contributed by atoms with van der Waals surface area (Å²) in [6.07, 6.45) is 1.01. The van der Waals surface area contributed by atoms with Crippen molar-refractivity contribution >= 4 is 43.0 Å². The smallest absolute Gasteiger partial charge is 0.261 e. The molecule has 0 heterocycles. The Kier molecular flexibility index (Phi) is 5.50. The van der Waals surface area contributed by atoms with Gasteiger partial charge in [0.2, 0.25) is 10.0 Å². The van der Waals surface area contributed by atoms with Crippen molar-refractivity contribution in [3.8, 4) is 5.75 Å². The second-order valence-electron chi connectivity index (χ2n) is 5.18. The fourth-order valence-electron chi connectivity index (χ4n) is 1.99. The predicted octanol–water partition coefficient (Wildman–Crippen LogP) is 2.55. The molecule has 0 saturated heterocycles. The minimum atomic E-state index is -3.92. The molecule has 0 amide bonds. The maximum atomic E-state index is 12.6. The van der Waals surface area contributed by atoms with Crippen LogP contribution in [0.5, 0.6) is 5.75 Å². The topological polar surface area (TPSA) is 92.8 Å². The van der Waals surface area contributed by atoms with Gasteiger partial charge in [0.05, 0.1) is 23.9 Å². The van der Waals surface area contributed by atoms with Crippen LogP contribution in [0.15, 0.2) is 47.4 Å².